The van der Waals surface area contributed by atoms with E-state index in [9.17, 15) is 14.7 Å². The fourth-order valence-electron chi connectivity index (χ4n) is 2.35. The highest BCUT2D eigenvalue weighted by Crippen LogP contribution is 2.16. The molecule has 144 valence electrons. The fourth-order valence-corrected chi connectivity index (χ4v) is 2.35. The molecular weight excluding hydrogens is 348 g/mol. The van der Waals surface area contributed by atoms with Crippen LogP contribution in [0.2, 0.25) is 0 Å². The van der Waals surface area contributed by atoms with Gasteiger partial charge in [0.05, 0.1) is 5.69 Å². The molecule has 2 rings (SSSR count). The molecule has 0 bridgehead atoms. The molecule has 0 aliphatic rings. The van der Waals surface area contributed by atoms with Crippen molar-refractivity contribution >= 4 is 17.7 Å². The number of carbonyl (C=O) groups excluding carboxylic acids is 1. The Morgan fingerprint density at radius 1 is 1.15 bits per heavy atom. The zero-order chi connectivity index (χ0) is 19.5. The van der Waals surface area contributed by atoms with Gasteiger partial charge in [0.2, 0.25) is 0 Å². The number of pyridine rings is 1. The van der Waals surface area contributed by atoms with Crippen LogP contribution in [0.5, 0.6) is 5.75 Å². The summed E-state index contributed by atoms with van der Waals surface area (Å²) in [5, 5.41) is 14.2. The van der Waals surface area contributed by atoms with Gasteiger partial charge in [-0.3, -0.25) is 4.98 Å². The number of amides is 2. The lowest BCUT2D eigenvalue weighted by Gasteiger charge is -2.15. The molecule has 8 nitrogen and oxygen atoms in total. The van der Waals surface area contributed by atoms with Gasteiger partial charge in [-0.05, 0) is 62.2 Å². The normalized spacial score (nSPS) is 11.4. The van der Waals surface area contributed by atoms with Crippen LogP contribution >= 0.6 is 0 Å². The number of aliphatic carboxylic acids is 1. The van der Waals surface area contributed by atoms with Crippen molar-refractivity contribution in [3.8, 4) is 5.75 Å². The van der Waals surface area contributed by atoms with E-state index < -0.39 is 18.0 Å². The molecule has 0 aliphatic carbocycles. The van der Waals surface area contributed by atoms with Gasteiger partial charge in [-0.15, -0.1) is 0 Å². The summed E-state index contributed by atoms with van der Waals surface area (Å²) < 4.78 is 5.62. The molecule has 1 aromatic carbocycles. The van der Waals surface area contributed by atoms with E-state index in [1.54, 1.807) is 30.5 Å². The molecule has 8 heteroatoms. The van der Waals surface area contributed by atoms with E-state index in [0.717, 1.165) is 5.69 Å². The predicted octanol–water partition coefficient (Wildman–Crippen LogP) is 2.36. The van der Waals surface area contributed by atoms with E-state index in [1.807, 2.05) is 18.2 Å². The molecule has 2 aromatic rings. The zero-order valence-corrected chi connectivity index (χ0v) is 14.9. The van der Waals surface area contributed by atoms with Crippen molar-refractivity contribution < 1.29 is 19.4 Å². The number of anilines is 1. The number of carboxylic acids is 1. The average molecular weight is 372 g/mol. The summed E-state index contributed by atoms with van der Waals surface area (Å²) >= 11 is 0. The fraction of sp³-hybridized carbons (Fsp3) is 0.316. The first-order valence-corrected chi connectivity index (χ1v) is 8.71. The van der Waals surface area contributed by atoms with Crippen LogP contribution in [0.3, 0.4) is 0 Å². The second kappa shape index (κ2) is 10.8. The second-order valence-electron chi connectivity index (χ2n) is 5.91. The largest absolute Gasteiger partial charge is 0.487 e. The van der Waals surface area contributed by atoms with Gasteiger partial charge in [-0.2, -0.15) is 0 Å². The molecular formula is C19H24N4O4. The van der Waals surface area contributed by atoms with Crippen LogP contribution in [0, 0.1) is 0 Å². The summed E-state index contributed by atoms with van der Waals surface area (Å²) in [7, 11) is 0. The first-order chi connectivity index (χ1) is 13.1. The maximum absolute atomic E-state index is 12.0. The van der Waals surface area contributed by atoms with Crippen LogP contribution in [0.1, 0.15) is 25.0 Å². The van der Waals surface area contributed by atoms with Gasteiger partial charge >= 0.3 is 12.0 Å². The Hall–Kier alpha value is -3.13. The van der Waals surface area contributed by atoms with Crippen LogP contribution in [-0.2, 0) is 11.4 Å². The number of carboxylic acid groups (broad SMARTS) is 1. The topological polar surface area (TPSA) is 127 Å². The molecule has 1 aromatic heterocycles. The van der Waals surface area contributed by atoms with Crippen LogP contribution < -0.4 is 21.1 Å². The monoisotopic (exact) mass is 372 g/mol. The molecule has 1 heterocycles. The molecule has 0 aliphatic heterocycles. The third-order valence-corrected chi connectivity index (χ3v) is 3.78. The number of carbonyl (C=O) groups is 2. The molecule has 0 spiro atoms. The summed E-state index contributed by atoms with van der Waals surface area (Å²) in [6, 6.07) is 10.9. The van der Waals surface area contributed by atoms with Crippen LogP contribution in [0.4, 0.5) is 10.5 Å². The average Bonchev–Trinajstić information content (AvgIpc) is 2.67. The third-order valence-electron chi connectivity index (χ3n) is 3.78. The lowest BCUT2D eigenvalue weighted by Crippen LogP contribution is -2.43. The standard InChI is InChI=1S/C19H24N4O4/c20-11-3-1-6-17(18(24)25)23-19(26)22-14-7-9-16(10-8-14)27-13-15-5-2-4-12-21-15/h2,4-5,7-10,12,17H,1,3,6,11,13,20H2,(H,24,25)(H2,22,23,26). The maximum Gasteiger partial charge on any atom is 0.326 e. The lowest BCUT2D eigenvalue weighted by molar-refractivity contribution is -0.139. The number of nitrogens with zero attached hydrogens (tertiary/aromatic N) is 1. The number of nitrogens with two attached hydrogens (primary N) is 1. The summed E-state index contributed by atoms with van der Waals surface area (Å²) in [5.74, 6) is -0.433. The van der Waals surface area contributed by atoms with Crippen molar-refractivity contribution in [2.24, 2.45) is 5.73 Å². The predicted molar refractivity (Wildman–Crippen MR) is 101 cm³/mol. The van der Waals surface area contributed by atoms with Crippen molar-refractivity contribution in [1.29, 1.82) is 0 Å². The van der Waals surface area contributed by atoms with Gasteiger partial charge in [0, 0.05) is 11.9 Å². The molecule has 0 radical (unpaired) electrons. The Morgan fingerprint density at radius 3 is 2.56 bits per heavy atom. The minimum absolute atomic E-state index is 0.334. The molecule has 1 atom stereocenters. The Morgan fingerprint density at radius 2 is 1.93 bits per heavy atom. The van der Waals surface area contributed by atoms with Gasteiger partial charge in [0.25, 0.3) is 0 Å². The Kier molecular flexibility index (Phi) is 8.05. The van der Waals surface area contributed by atoms with Crippen molar-refractivity contribution in [2.75, 3.05) is 11.9 Å². The third kappa shape index (κ3) is 7.33. The summed E-state index contributed by atoms with van der Waals surface area (Å²) in [6.07, 6.45) is 3.38. The summed E-state index contributed by atoms with van der Waals surface area (Å²) in [6.45, 7) is 0.838. The van der Waals surface area contributed by atoms with Gasteiger partial charge in [-0.25, -0.2) is 9.59 Å². The summed E-state index contributed by atoms with van der Waals surface area (Å²) in [5.41, 5.74) is 6.74. The van der Waals surface area contributed by atoms with Crippen LogP contribution in [0.25, 0.3) is 0 Å². The minimum Gasteiger partial charge on any atom is -0.487 e. The second-order valence-corrected chi connectivity index (χ2v) is 5.91. The lowest BCUT2D eigenvalue weighted by atomic mass is 10.1. The highest BCUT2D eigenvalue weighted by molar-refractivity contribution is 5.92. The highest BCUT2D eigenvalue weighted by atomic mass is 16.5. The number of ether oxygens (including phenoxy) is 1. The SMILES string of the molecule is NCCCCC(NC(=O)Nc1ccc(OCc2ccccn2)cc1)C(=O)O. The molecule has 0 fully saturated rings. The van der Waals surface area contributed by atoms with Gasteiger partial charge in [-0.1, -0.05) is 6.07 Å². The molecule has 5 N–H and O–H groups in total. The summed E-state index contributed by atoms with van der Waals surface area (Å²) in [4.78, 5) is 27.4. The van der Waals surface area contributed by atoms with Crippen molar-refractivity contribution in [1.82, 2.24) is 10.3 Å². The molecule has 1 unspecified atom stereocenters. The van der Waals surface area contributed by atoms with Crippen LogP contribution in [-0.4, -0.2) is 34.7 Å². The highest BCUT2D eigenvalue weighted by Gasteiger charge is 2.19. The van der Waals surface area contributed by atoms with Gasteiger partial charge < -0.3 is 26.2 Å². The molecule has 0 saturated carbocycles. The Balaban J connectivity index is 1.82. The number of hydrogen-bond acceptors (Lipinski definition) is 5. The van der Waals surface area contributed by atoms with Gasteiger partial charge in [0.15, 0.2) is 0 Å². The maximum atomic E-state index is 12.0. The van der Waals surface area contributed by atoms with E-state index in [0.29, 0.717) is 43.9 Å². The first kappa shape index (κ1) is 20.2. The smallest absolute Gasteiger partial charge is 0.326 e. The molecule has 2 amide bonds. The van der Waals surface area contributed by atoms with Crippen molar-refractivity contribution in [3.05, 3.63) is 54.4 Å². The van der Waals surface area contributed by atoms with Crippen molar-refractivity contribution in [3.63, 3.8) is 0 Å². The number of aromatic nitrogens is 1. The number of nitrogens with one attached hydrogen (secondary N) is 2. The van der Waals surface area contributed by atoms with E-state index in [4.69, 9.17) is 10.5 Å². The minimum atomic E-state index is -1.07. The first-order valence-electron chi connectivity index (χ1n) is 8.71. The quantitative estimate of drug-likeness (QED) is 0.474. The van der Waals surface area contributed by atoms with E-state index in [-0.39, 0.29) is 0 Å². The number of urea groups is 1. The van der Waals surface area contributed by atoms with Crippen molar-refractivity contribution in [2.45, 2.75) is 31.9 Å². The number of rotatable bonds is 10. The Labute approximate surface area is 157 Å². The van der Waals surface area contributed by atoms with Crippen LogP contribution in [0.15, 0.2) is 48.7 Å². The number of benzene rings is 1. The number of unbranched alkanes of at least 4 members (excludes halogenated alkanes) is 1. The van der Waals surface area contributed by atoms with Gasteiger partial charge in [0.1, 0.15) is 18.4 Å². The molecule has 0 saturated heterocycles. The Bertz CT molecular complexity index is 722. The van der Waals surface area contributed by atoms with E-state index in [2.05, 4.69) is 15.6 Å². The number of hydrogen-bond donors (Lipinski definition) is 4. The zero-order valence-electron chi connectivity index (χ0n) is 14.9. The van der Waals surface area contributed by atoms with E-state index >= 15 is 0 Å². The van der Waals surface area contributed by atoms with E-state index in [1.165, 1.54) is 0 Å². The molecule has 27 heavy (non-hydrogen) atoms.